The molecule has 1 amide bonds. The smallest absolute Gasteiger partial charge is 0.305 e. The van der Waals surface area contributed by atoms with Crippen molar-refractivity contribution in [1.82, 2.24) is 14.7 Å². The number of hydrogen-bond acceptors (Lipinski definition) is 6. The number of carboxylic acids is 1. The summed E-state index contributed by atoms with van der Waals surface area (Å²) in [4.78, 5) is 25.7. The summed E-state index contributed by atoms with van der Waals surface area (Å²) in [5.74, 6) is -0.465. The molecule has 3 aromatic rings. The van der Waals surface area contributed by atoms with Gasteiger partial charge in [0.1, 0.15) is 15.8 Å². The minimum Gasteiger partial charge on any atom is -0.494 e. The van der Waals surface area contributed by atoms with E-state index in [9.17, 15) is 9.59 Å². The lowest BCUT2D eigenvalue weighted by Crippen LogP contribution is -2.30. The Morgan fingerprint density at radius 3 is 2.69 bits per heavy atom. The van der Waals surface area contributed by atoms with Gasteiger partial charge in [0, 0.05) is 23.9 Å². The second-order valence-corrected chi connectivity index (χ2v) is 9.69. The van der Waals surface area contributed by atoms with Crippen LogP contribution >= 0.6 is 24.0 Å². The highest BCUT2D eigenvalue weighted by atomic mass is 32.2. The second-order valence-electron chi connectivity index (χ2n) is 8.02. The molecule has 0 aliphatic carbocycles. The number of aromatic nitrogens is 2. The first-order valence-electron chi connectivity index (χ1n) is 11.2. The van der Waals surface area contributed by atoms with Crippen molar-refractivity contribution in [3.63, 3.8) is 0 Å². The predicted octanol–water partition coefficient (Wildman–Crippen LogP) is 5.31. The van der Waals surface area contributed by atoms with Crippen molar-refractivity contribution in [2.75, 3.05) is 13.2 Å². The van der Waals surface area contributed by atoms with Crippen LogP contribution in [0.2, 0.25) is 0 Å². The van der Waals surface area contributed by atoms with Gasteiger partial charge >= 0.3 is 5.97 Å². The molecule has 1 saturated heterocycles. The number of benzene rings is 2. The number of thiocarbonyl (C=S) groups is 1. The van der Waals surface area contributed by atoms with Gasteiger partial charge in [0.25, 0.3) is 5.91 Å². The van der Waals surface area contributed by atoms with Gasteiger partial charge in [-0.25, -0.2) is 4.68 Å². The van der Waals surface area contributed by atoms with E-state index in [1.165, 1.54) is 16.7 Å². The molecular formula is C26H25N3O4S2. The molecule has 0 saturated carbocycles. The van der Waals surface area contributed by atoms with E-state index < -0.39 is 5.97 Å². The molecule has 4 rings (SSSR count). The van der Waals surface area contributed by atoms with E-state index in [0.717, 1.165) is 40.2 Å². The van der Waals surface area contributed by atoms with E-state index in [4.69, 9.17) is 27.2 Å². The van der Waals surface area contributed by atoms with Crippen molar-refractivity contribution in [2.24, 2.45) is 0 Å². The maximum Gasteiger partial charge on any atom is 0.305 e. The third kappa shape index (κ3) is 5.63. The maximum atomic E-state index is 13.0. The van der Waals surface area contributed by atoms with Crippen molar-refractivity contribution in [3.05, 3.63) is 70.8 Å². The van der Waals surface area contributed by atoms with Gasteiger partial charge in [-0.3, -0.25) is 14.5 Å². The highest BCUT2D eigenvalue weighted by Gasteiger charge is 2.32. The Morgan fingerprint density at radius 1 is 1.23 bits per heavy atom. The number of thioether (sulfide) groups is 1. The average Bonchev–Trinajstić information content (AvgIpc) is 3.37. The summed E-state index contributed by atoms with van der Waals surface area (Å²) in [5.41, 5.74) is 4.31. The van der Waals surface area contributed by atoms with E-state index in [2.05, 4.69) is 6.92 Å². The number of aliphatic carboxylic acids is 1. The quantitative estimate of drug-likeness (QED) is 0.310. The van der Waals surface area contributed by atoms with Crippen LogP contribution in [0.5, 0.6) is 5.75 Å². The number of carbonyl (C=O) groups excluding carboxylic acids is 1. The van der Waals surface area contributed by atoms with Crippen molar-refractivity contribution < 1.29 is 19.4 Å². The van der Waals surface area contributed by atoms with Gasteiger partial charge in [0.15, 0.2) is 0 Å². The Kier molecular flexibility index (Phi) is 7.67. The van der Waals surface area contributed by atoms with Gasteiger partial charge < -0.3 is 9.84 Å². The zero-order valence-corrected chi connectivity index (χ0v) is 21.1. The van der Waals surface area contributed by atoms with Crippen LogP contribution in [0.25, 0.3) is 23.0 Å². The molecule has 0 spiro atoms. The zero-order chi connectivity index (χ0) is 24.9. The summed E-state index contributed by atoms with van der Waals surface area (Å²) in [5, 5.41) is 13.8. The molecule has 0 bridgehead atoms. The lowest BCUT2D eigenvalue weighted by atomic mass is 10.0. The van der Waals surface area contributed by atoms with E-state index >= 15 is 0 Å². The molecule has 0 atom stereocenters. The number of carboxylic acid groups (broad SMARTS) is 1. The van der Waals surface area contributed by atoms with E-state index in [-0.39, 0.29) is 18.9 Å². The molecule has 1 aliphatic heterocycles. The number of ether oxygens (including phenoxy) is 1. The first kappa shape index (κ1) is 24.7. The summed E-state index contributed by atoms with van der Waals surface area (Å²) in [6.07, 6.45) is 4.43. The normalized spacial score (nSPS) is 14.7. The Bertz CT molecular complexity index is 1300. The third-order valence-corrected chi connectivity index (χ3v) is 6.78. The first-order valence-corrected chi connectivity index (χ1v) is 12.5. The molecule has 1 aromatic heterocycles. The molecule has 1 N–H and O–H groups in total. The van der Waals surface area contributed by atoms with Crippen molar-refractivity contribution in [3.8, 4) is 22.7 Å². The van der Waals surface area contributed by atoms with Crippen LogP contribution in [0, 0.1) is 6.92 Å². The van der Waals surface area contributed by atoms with E-state index in [1.54, 1.807) is 10.8 Å². The number of para-hydroxylation sites is 1. The SMILES string of the molecule is CCCOc1ccc(-c2nn(-c3ccccc3)cc2C=C2SC(=S)N(CCC(=O)O)C2=O)c(C)c1. The molecule has 1 aliphatic rings. The number of aryl methyl sites for hydroxylation is 1. The molecular weight excluding hydrogens is 482 g/mol. The maximum absolute atomic E-state index is 13.0. The molecule has 35 heavy (non-hydrogen) atoms. The molecule has 9 heteroatoms. The fraction of sp³-hybridized carbons (Fsp3) is 0.231. The predicted molar refractivity (Wildman–Crippen MR) is 142 cm³/mol. The Hall–Kier alpha value is -3.43. The van der Waals surface area contributed by atoms with Crippen molar-refractivity contribution in [1.29, 1.82) is 0 Å². The van der Waals surface area contributed by atoms with Crippen molar-refractivity contribution in [2.45, 2.75) is 26.7 Å². The van der Waals surface area contributed by atoms with Crippen LogP contribution in [0.15, 0.2) is 59.6 Å². The fourth-order valence-electron chi connectivity index (χ4n) is 3.67. The van der Waals surface area contributed by atoms with Crippen molar-refractivity contribution >= 4 is 46.3 Å². The standard InChI is InChI=1S/C26H25N3O4S2/c1-3-13-33-20-9-10-21(17(2)14-20)24-18(16-29(27-24)19-7-5-4-6-8-19)15-22-25(32)28(26(34)35-22)12-11-23(30)31/h4-10,14-16H,3,11-13H2,1-2H3,(H,30,31). The summed E-state index contributed by atoms with van der Waals surface area (Å²) >= 11 is 6.51. The number of nitrogens with zero attached hydrogens (tertiary/aromatic N) is 3. The van der Waals surface area contributed by atoms with Gasteiger partial charge in [-0.05, 0) is 55.3 Å². The fourth-order valence-corrected chi connectivity index (χ4v) is 4.97. The molecule has 0 radical (unpaired) electrons. The zero-order valence-electron chi connectivity index (χ0n) is 19.4. The van der Waals surface area contributed by atoms with E-state index in [0.29, 0.717) is 15.8 Å². The summed E-state index contributed by atoms with van der Waals surface area (Å²) in [7, 11) is 0. The number of amides is 1. The van der Waals surface area contributed by atoms with Gasteiger partial charge in [-0.2, -0.15) is 5.10 Å². The topological polar surface area (TPSA) is 84.7 Å². The molecule has 1 fully saturated rings. The number of rotatable bonds is 9. The van der Waals surface area contributed by atoms with Gasteiger partial charge in [-0.1, -0.05) is 49.1 Å². The minimum atomic E-state index is -0.976. The van der Waals surface area contributed by atoms with E-state index in [1.807, 2.05) is 61.7 Å². The van der Waals surface area contributed by atoms with Crippen LogP contribution < -0.4 is 4.74 Å². The Labute approximate surface area is 213 Å². The summed E-state index contributed by atoms with van der Waals surface area (Å²) in [6.45, 7) is 4.76. The lowest BCUT2D eigenvalue weighted by molar-refractivity contribution is -0.137. The summed E-state index contributed by atoms with van der Waals surface area (Å²) in [6, 6.07) is 15.6. The highest BCUT2D eigenvalue weighted by Crippen LogP contribution is 2.36. The Balaban J connectivity index is 1.74. The molecule has 0 unspecified atom stereocenters. The van der Waals surface area contributed by atoms with Crippen LogP contribution in [-0.2, 0) is 9.59 Å². The summed E-state index contributed by atoms with van der Waals surface area (Å²) < 4.78 is 7.91. The highest BCUT2D eigenvalue weighted by molar-refractivity contribution is 8.26. The molecule has 7 nitrogen and oxygen atoms in total. The molecule has 180 valence electrons. The van der Waals surface area contributed by atoms with Gasteiger partial charge in [0.2, 0.25) is 0 Å². The van der Waals surface area contributed by atoms with Crippen LogP contribution in [-0.4, -0.2) is 49.1 Å². The Morgan fingerprint density at radius 2 is 2.00 bits per heavy atom. The monoisotopic (exact) mass is 507 g/mol. The number of carbonyl (C=O) groups is 2. The minimum absolute atomic E-state index is 0.0474. The first-order chi connectivity index (χ1) is 16.9. The number of hydrogen-bond donors (Lipinski definition) is 1. The van der Waals surface area contributed by atoms with Gasteiger partial charge in [0.05, 0.1) is 23.6 Å². The average molecular weight is 508 g/mol. The second kappa shape index (κ2) is 10.9. The molecule has 2 aromatic carbocycles. The van der Waals surface area contributed by atoms with Gasteiger partial charge in [-0.15, -0.1) is 0 Å². The van der Waals surface area contributed by atoms with Crippen LogP contribution in [0.1, 0.15) is 30.9 Å². The largest absolute Gasteiger partial charge is 0.494 e. The van der Waals surface area contributed by atoms with Crippen LogP contribution in [0.4, 0.5) is 0 Å². The molecule has 2 heterocycles. The van der Waals surface area contributed by atoms with Crippen LogP contribution in [0.3, 0.4) is 0 Å². The third-order valence-electron chi connectivity index (χ3n) is 5.40. The lowest BCUT2D eigenvalue weighted by Gasteiger charge is -2.12.